The zero-order valence-corrected chi connectivity index (χ0v) is 10.4. The Morgan fingerprint density at radius 2 is 2.30 bits per heavy atom. The number of carbonyl (C=O) groups is 1. The standard InChI is InChI=1S/C11H14F3N3O3/c12-11(13,14)6-20-5-9(19)16-7-4-8(18)10(7)17-3-1-2-15-17/h1-3,7-8,10,18H,4-6H2,(H,16,19)/t7-,8+,10+/m0/s1. The molecule has 20 heavy (non-hydrogen) atoms. The molecule has 1 aromatic heterocycles. The molecule has 1 heterocycles. The lowest BCUT2D eigenvalue weighted by Crippen LogP contribution is -2.56. The van der Waals surface area contributed by atoms with E-state index in [1.54, 1.807) is 12.3 Å². The number of aliphatic hydroxyl groups excluding tert-OH is 1. The van der Waals surface area contributed by atoms with Crippen molar-refractivity contribution < 1.29 is 27.8 Å². The third kappa shape index (κ3) is 3.70. The van der Waals surface area contributed by atoms with Gasteiger partial charge in [0.25, 0.3) is 0 Å². The van der Waals surface area contributed by atoms with E-state index in [0.29, 0.717) is 6.42 Å². The first-order chi connectivity index (χ1) is 9.37. The number of halogens is 3. The highest BCUT2D eigenvalue weighted by Crippen LogP contribution is 2.32. The molecule has 0 aromatic carbocycles. The van der Waals surface area contributed by atoms with Crippen LogP contribution in [0.25, 0.3) is 0 Å². The van der Waals surface area contributed by atoms with Crippen LogP contribution in [-0.4, -0.2) is 52.3 Å². The van der Waals surface area contributed by atoms with Crippen LogP contribution in [0, 0.1) is 0 Å². The maximum atomic E-state index is 11.8. The molecule has 0 radical (unpaired) electrons. The molecule has 1 aliphatic carbocycles. The summed E-state index contributed by atoms with van der Waals surface area (Å²) < 4.78 is 41.3. The molecular weight excluding hydrogens is 279 g/mol. The van der Waals surface area contributed by atoms with Gasteiger partial charge in [0.05, 0.1) is 18.2 Å². The maximum Gasteiger partial charge on any atom is 0.411 e. The van der Waals surface area contributed by atoms with Gasteiger partial charge in [-0.1, -0.05) is 0 Å². The molecule has 6 nitrogen and oxygen atoms in total. The Balaban J connectivity index is 1.77. The van der Waals surface area contributed by atoms with E-state index >= 15 is 0 Å². The summed E-state index contributed by atoms with van der Waals surface area (Å²) >= 11 is 0. The van der Waals surface area contributed by atoms with E-state index in [-0.39, 0.29) is 6.04 Å². The predicted octanol–water partition coefficient (Wildman–Crippen LogP) is 0.253. The predicted molar refractivity (Wildman–Crippen MR) is 60.7 cm³/mol. The van der Waals surface area contributed by atoms with Gasteiger partial charge in [-0.05, 0) is 12.5 Å². The number of aromatic nitrogens is 2. The average Bonchev–Trinajstić information content (AvgIpc) is 2.79. The van der Waals surface area contributed by atoms with Gasteiger partial charge in [0.1, 0.15) is 13.2 Å². The van der Waals surface area contributed by atoms with Crippen LogP contribution >= 0.6 is 0 Å². The molecule has 1 amide bonds. The minimum atomic E-state index is -4.45. The summed E-state index contributed by atoms with van der Waals surface area (Å²) in [5, 5.41) is 16.1. The summed E-state index contributed by atoms with van der Waals surface area (Å²) in [7, 11) is 0. The molecule has 9 heteroatoms. The van der Waals surface area contributed by atoms with Gasteiger partial charge in [-0.3, -0.25) is 9.48 Å². The molecule has 2 rings (SSSR count). The molecule has 0 bridgehead atoms. The van der Waals surface area contributed by atoms with Crippen LogP contribution in [0.2, 0.25) is 0 Å². The number of ether oxygens (including phenoxy) is 1. The lowest BCUT2D eigenvalue weighted by atomic mass is 9.83. The Labute approximate surface area is 112 Å². The van der Waals surface area contributed by atoms with E-state index in [1.165, 1.54) is 10.9 Å². The topological polar surface area (TPSA) is 76.4 Å². The van der Waals surface area contributed by atoms with Gasteiger partial charge in [0, 0.05) is 12.4 Å². The molecule has 1 saturated carbocycles. The number of nitrogens with one attached hydrogen (secondary N) is 1. The molecule has 0 unspecified atom stereocenters. The highest BCUT2D eigenvalue weighted by Gasteiger charge is 2.42. The summed E-state index contributed by atoms with van der Waals surface area (Å²) in [5.74, 6) is -0.650. The number of carbonyl (C=O) groups excluding carboxylic acids is 1. The van der Waals surface area contributed by atoms with Crippen molar-refractivity contribution in [3.05, 3.63) is 18.5 Å². The minimum absolute atomic E-state index is 0.329. The van der Waals surface area contributed by atoms with Gasteiger partial charge in [-0.15, -0.1) is 0 Å². The summed E-state index contributed by atoms with van der Waals surface area (Å²) in [6.07, 6.45) is -1.58. The van der Waals surface area contributed by atoms with Gasteiger partial charge < -0.3 is 15.2 Å². The van der Waals surface area contributed by atoms with E-state index in [4.69, 9.17) is 0 Å². The average molecular weight is 293 g/mol. The van der Waals surface area contributed by atoms with Crippen molar-refractivity contribution in [3.63, 3.8) is 0 Å². The molecule has 1 aliphatic rings. The molecule has 2 N–H and O–H groups in total. The Morgan fingerprint density at radius 1 is 1.55 bits per heavy atom. The summed E-state index contributed by atoms with van der Waals surface area (Å²) in [6, 6.07) is 0.902. The van der Waals surface area contributed by atoms with Crippen LogP contribution in [0.3, 0.4) is 0 Å². The van der Waals surface area contributed by atoms with Crippen molar-refractivity contribution in [2.45, 2.75) is 30.8 Å². The van der Waals surface area contributed by atoms with Crippen molar-refractivity contribution in [1.82, 2.24) is 15.1 Å². The molecular formula is C11H14F3N3O3. The summed E-state index contributed by atoms with van der Waals surface area (Å²) in [5.41, 5.74) is 0. The van der Waals surface area contributed by atoms with Crippen molar-refractivity contribution in [2.24, 2.45) is 0 Å². The number of rotatable bonds is 5. The van der Waals surface area contributed by atoms with E-state index in [1.807, 2.05) is 0 Å². The van der Waals surface area contributed by atoms with Gasteiger partial charge >= 0.3 is 6.18 Å². The fraction of sp³-hybridized carbons (Fsp3) is 0.636. The number of nitrogens with zero attached hydrogens (tertiary/aromatic N) is 2. The SMILES string of the molecule is O=C(COCC(F)(F)F)N[C@H]1C[C@@H](O)[C@@H]1n1cccn1. The molecule has 0 saturated heterocycles. The summed E-state index contributed by atoms with van der Waals surface area (Å²) in [6.45, 7) is -2.13. The maximum absolute atomic E-state index is 11.8. The monoisotopic (exact) mass is 293 g/mol. The Bertz CT molecular complexity index is 450. The second kappa shape index (κ2) is 5.80. The van der Waals surface area contributed by atoms with Crippen molar-refractivity contribution in [3.8, 4) is 0 Å². The quantitative estimate of drug-likeness (QED) is 0.816. The van der Waals surface area contributed by atoms with Crippen LogP contribution in [-0.2, 0) is 9.53 Å². The van der Waals surface area contributed by atoms with E-state index < -0.39 is 37.4 Å². The number of aliphatic hydroxyl groups is 1. The molecule has 3 atom stereocenters. The largest absolute Gasteiger partial charge is 0.411 e. The fourth-order valence-corrected chi connectivity index (χ4v) is 2.08. The number of hydrogen-bond acceptors (Lipinski definition) is 4. The van der Waals surface area contributed by atoms with Crippen molar-refractivity contribution in [1.29, 1.82) is 0 Å². The van der Waals surface area contributed by atoms with Crippen molar-refractivity contribution in [2.75, 3.05) is 13.2 Å². The third-order valence-corrected chi connectivity index (χ3v) is 2.98. The van der Waals surface area contributed by atoms with Crippen LogP contribution in [0.1, 0.15) is 12.5 Å². The number of alkyl halides is 3. The second-order valence-electron chi connectivity index (χ2n) is 4.56. The van der Waals surface area contributed by atoms with Gasteiger partial charge in [0.2, 0.25) is 5.91 Å². The molecule has 0 aliphatic heterocycles. The Hall–Kier alpha value is -1.61. The van der Waals surface area contributed by atoms with Crippen LogP contribution in [0.15, 0.2) is 18.5 Å². The van der Waals surface area contributed by atoms with E-state index in [0.717, 1.165) is 0 Å². The minimum Gasteiger partial charge on any atom is -0.391 e. The van der Waals surface area contributed by atoms with Gasteiger partial charge in [-0.25, -0.2) is 0 Å². The molecule has 1 aromatic rings. The fourth-order valence-electron chi connectivity index (χ4n) is 2.08. The first-order valence-electron chi connectivity index (χ1n) is 5.98. The van der Waals surface area contributed by atoms with E-state index in [2.05, 4.69) is 15.2 Å². The highest BCUT2D eigenvalue weighted by molar-refractivity contribution is 5.77. The van der Waals surface area contributed by atoms with Crippen LogP contribution in [0.4, 0.5) is 13.2 Å². The lowest BCUT2D eigenvalue weighted by Gasteiger charge is -2.41. The zero-order valence-electron chi connectivity index (χ0n) is 10.4. The smallest absolute Gasteiger partial charge is 0.391 e. The zero-order chi connectivity index (χ0) is 14.8. The molecule has 0 spiro atoms. The Kier molecular flexibility index (Phi) is 4.29. The lowest BCUT2D eigenvalue weighted by molar-refractivity contribution is -0.176. The van der Waals surface area contributed by atoms with E-state index in [9.17, 15) is 23.1 Å². The second-order valence-corrected chi connectivity index (χ2v) is 4.56. The Morgan fingerprint density at radius 3 is 2.85 bits per heavy atom. The summed E-state index contributed by atoms with van der Waals surface area (Å²) in [4.78, 5) is 11.4. The normalized spacial score (nSPS) is 26.1. The van der Waals surface area contributed by atoms with Crippen molar-refractivity contribution >= 4 is 5.91 Å². The third-order valence-electron chi connectivity index (χ3n) is 2.98. The first kappa shape index (κ1) is 14.8. The molecule has 1 fully saturated rings. The van der Waals surface area contributed by atoms with Crippen LogP contribution in [0.5, 0.6) is 0 Å². The first-order valence-corrected chi connectivity index (χ1v) is 5.98. The molecule has 112 valence electrons. The highest BCUT2D eigenvalue weighted by atomic mass is 19.4. The number of amides is 1. The van der Waals surface area contributed by atoms with Gasteiger partial charge in [0.15, 0.2) is 0 Å². The van der Waals surface area contributed by atoms with Crippen LogP contribution < -0.4 is 5.32 Å². The number of hydrogen-bond donors (Lipinski definition) is 2. The van der Waals surface area contributed by atoms with Gasteiger partial charge in [-0.2, -0.15) is 18.3 Å².